The van der Waals surface area contributed by atoms with Gasteiger partial charge in [0.2, 0.25) is 0 Å². The zero-order valence-corrected chi connectivity index (χ0v) is 5.39. The zero-order chi connectivity index (χ0) is 7.28. The summed E-state index contributed by atoms with van der Waals surface area (Å²) in [6.45, 7) is 0. The Kier molecular flexibility index (Phi) is 3.84. The van der Waals surface area contributed by atoms with E-state index in [9.17, 15) is 4.79 Å². The van der Waals surface area contributed by atoms with Gasteiger partial charge in [-0.3, -0.25) is 4.79 Å². The molecule has 0 aromatic rings. The van der Waals surface area contributed by atoms with Gasteiger partial charge in [-0.25, -0.2) is 0 Å². The number of nitrogens with zero attached hydrogens (tertiary/aromatic N) is 1. The summed E-state index contributed by atoms with van der Waals surface area (Å²) < 4.78 is 0. The fourth-order valence-corrected chi connectivity index (χ4v) is 0.595. The third-order valence-electron chi connectivity index (χ3n) is 0.645. The van der Waals surface area contributed by atoms with E-state index in [0.29, 0.717) is 0 Å². The van der Waals surface area contributed by atoms with Crippen LogP contribution in [-0.2, 0) is 4.79 Å². The lowest BCUT2D eigenvalue weighted by molar-refractivity contribution is -0.137. The van der Waals surface area contributed by atoms with E-state index in [2.05, 4.69) is 0 Å². The van der Waals surface area contributed by atoms with Crippen molar-refractivity contribution in [3.63, 3.8) is 0 Å². The minimum atomic E-state index is -1.07. The first-order valence-electron chi connectivity index (χ1n) is 2.17. The topological polar surface area (TPSA) is 87.1 Å². The van der Waals surface area contributed by atoms with E-state index in [1.807, 2.05) is 0 Å². The molecule has 0 aliphatic rings. The van der Waals surface area contributed by atoms with Gasteiger partial charge >= 0.3 is 5.97 Å². The quantitative estimate of drug-likeness (QED) is 0.529. The van der Waals surface area contributed by atoms with Gasteiger partial charge in [-0.1, -0.05) is 0 Å². The standard InChI is InChI=1S/C4H6N2O2S/c5-2-9-1-3(6)4(7)8/h3H,1,6H2,(H,7,8). The van der Waals surface area contributed by atoms with Crippen LogP contribution < -0.4 is 5.73 Å². The monoisotopic (exact) mass is 146 g/mol. The van der Waals surface area contributed by atoms with Gasteiger partial charge in [0.05, 0.1) is 0 Å². The number of carboxylic acid groups (broad SMARTS) is 1. The Morgan fingerprint density at radius 2 is 2.56 bits per heavy atom. The number of hydrogen-bond donors (Lipinski definition) is 2. The summed E-state index contributed by atoms with van der Waals surface area (Å²) in [4.78, 5) is 9.96. The highest BCUT2D eigenvalue weighted by Gasteiger charge is 2.09. The average molecular weight is 146 g/mol. The molecule has 5 heteroatoms. The van der Waals surface area contributed by atoms with Crippen LogP contribution in [0.3, 0.4) is 0 Å². The maximum Gasteiger partial charge on any atom is 0.321 e. The molecule has 0 rings (SSSR count). The Morgan fingerprint density at radius 1 is 2.00 bits per heavy atom. The first kappa shape index (κ1) is 8.27. The number of thioether (sulfide) groups is 1. The number of carbonyl (C=O) groups is 1. The number of aliphatic carboxylic acids is 1. The van der Waals surface area contributed by atoms with Gasteiger partial charge in [0, 0.05) is 5.75 Å². The maximum atomic E-state index is 9.96. The fraction of sp³-hybridized carbons (Fsp3) is 0.500. The second kappa shape index (κ2) is 4.18. The summed E-state index contributed by atoms with van der Waals surface area (Å²) in [6.07, 6.45) is 0. The Labute approximate surface area is 56.6 Å². The van der Waals surface area contributed by atoms with E-state index < -0.39 is 12.0 Å². The number of nitriles is 1. The van der Waals surface area contributed by atoms with E-state index in [1.54, 1.807) is 5.40 Å². The Balaban J connectivity index is 3.41. The molecule has 0 spiro atoms. The maximum absolute atomic E-state index is 9.96. The van der Waals surface area contributed by atoms with E-state index >= 15 is 0 Å². The minimum absolute atomic E-state index is 0.145. The van der Waals surface area contributed by atoms with Crippen molar-refractivity contribution in [2.75, 3.05) is 5.75 Å². The first-order chi connectivity index (χ1) is 4.18. The number of carboxylic acids is 1. The summed E-state index contributed by atoms with van der Waals surface area (Å²) in [5.74, 6) is -0.927. The highest BCUT2D eigenvalue weighted by molar-refractivity contribution is 8.03. The molecule has 0 aliphatic carbocycles. The molecule has 0 aromatic heterocycles. The Morgan fingerprint density at radius 3 is 2.89 bits per heavy atom. The predicted octanol–water partition coefficient (Wildman–Crippen LogP) is -0.387. The van der Waals surface area contributed by atoms with Crippen molar-refractivity contribution in [3.05, 3.63) is 0 Å². The Hall–Kier alpha value is -0.730. The molecule has 0 fully saturated rings. The van der Waals surface area contributed by atoms with Gasteiger partial charge in [0.25, 0.3) is 0 Å². The largest absolute Gasteiger partial charge is 0.480 e. The van der Waals surface area contributed by atoms with E-state index in [1.165, 1.54) is 0 Å². The third kappa shape index (κ3) is 3.82. The third-order valence-corrected chi connectivity index (χ3v) is 1.30. The zero-order valence-electron chi connectivity index (χ0n) is 4.57. The molecule has 0 amide bonds. The van der Waals surface area contributed by atoms with Crippen LogP contribution in [0.4, 0.5) is 0 Å². The molecule has 9 heavy (non-hydrogen) atoms. The molecule has 1 unspecified atom stereocenters. The molecule has 3 N–H and O–H groups in total. The van der Waals surface area contributed by atoms with Gasteiger partial charge in [0.1, 0.15) is 11.4 Å². The normalized spacial score (nSPS) is 12.0. The predicted molar refractivity (Wildman–Crippen MR) is 33.7 cm³/mol. The molecule has 0 heterocycles. The summed E-state index contributed by atoms with van der Waals surface area (Å²) in [7, 11) is 0. The molecule has 0 aliphatic heterocycles. The molecule has 0 saturated heterocycles. The first-order valence-corrected chi connectivity index (χ1v) is 3.16. The second-order valence-corrected chi connectivity index (χ2v) is 2.15. The van der Waals surface area contributed by atoms with Gasteiger partial charge in [-0.15, -0.1) is 0 Å². The smallest absolute Gasteiger partial charge is 0.321 e. The van der Waals surface area contributed by atoms with Gasteiger partial charge in [0.15, 0.2) is 0 Å². The molecule has 50 valence electrons. The second-order valence-electron chi connectivity index (χ2n) is 1.35. The highest BCUT2D eigenvalue weighted by Crippen LogP contribution is 1.97. The lowest BCUT2D eigenvalue weighted by atomic mass is 10.4. The van der Waals surface area contributed by atoms with Crippen molar-refractivity contribution >= 4 is 17.7 Å². The lowest BCUT2D eigenvalue weighted by Gasteiger charge is -1.98. The van der Waals surface area contributed by atoms with Crippen LogP contribution >= 0.6 is 11.8 Å². The molecular weight excluding hydrogens is 140 g/mol. The van der Waals surface area contributed by atoms with Crippen molar-refractivity contribution in [1.29, 1.82) is 5.26 Å². The fourth-order valence-electron chi connectivity index (χ4n) is 0.198. The number of rotatable bonds is 3. The van der Waals surface area contributed by atoms with Crippen LogP contribution in [0, 0.1) is 10.7 Å². The lowest BCUT2D eigenvalue weighted by Crippen LogP contribution is -2.32. The van der Waals surface area contributed by atoms with Crippen molar-refractivity contribution < 1.29 is 9.90 Å². The summed E-state index contributed by atoms with van der Waals surface area (Å²) in [6, 6.07) is -0.922. The SMILES string of the molecule is N#CSCC(N)C(=O)O. The molecule has 0 saturated carbocycles. The van der Waals surface area contributed by atoms with E-state index in [0.717, 1.165) is 11.8 Å². The minimum Gasteiger partial charge on any atom is -0.480 e. The Bertz CT molecular complexity index is 142. The van der Waals surface area contributed by atoms with Gasteiger partial charge < -0.3 is 10.8 Å². The molecule has 0 radical (unpaired) electrons. The van der Waals surface area contributed by atoms with Crippen LogP contribution in [0.15, 0.2) is 0 Å². The molecule has 1 atom stereocenters. The number of nitrogens with two attached hydrogens (primary N) is 1. The molecule has 4 nitrogen and oxygen atoms in total. The molecule has 0 bridgehead atoms. The van der Waals surface area contributed by atoms with Crippen LogP contribution in [0.25, 0.3) is 0 Å². The van der Waals surface area contributed by atoms with Crippen LogP contribution in [-0.4, -0.2) is 22.9 Å². The number of hydrogen-bond acceptors (Lipinski definition) is 4. The molecular formula is C4H6N2O2S. The van der Waals surface area contributed by atoms with Crippen LogP contribution in [0.5, 0.6) is 0 Å². The van der Waals surface area contributed by atoms with E-state index in [-0.39, 0.29) is 5.75 Å². The molecule has 0 aromatic carbocycles. The number of thiocyanates is 1. The van der Waals surface area contributed by atoms with E-state index in [4.69, 9.17) is 16.1 Å². The summed E-state index contributed by atoms with van der Waals surface area (Å²) >= 11 is 0.844. The van der Waals surface area contributed by atoms with Crippen molar-refractivity contribution in [2.24, 2.45) is 5.73 Å². The van der Waals surface area contributed by atoms with Crippen LogP contribution in [0.2, 0.25) is 0 Å². The van der Waals surface area contributed by atoms with Gasteiger partial charge in [-0.2, -0.15) is 5.26 Å². The summed E-state index contributed by atoms with van der Waals surface area (Å²) in [5, 5.41) is 17.8. The summed E-state index contributed by atoms with van der Waals surface area (Å²) in [5.41, 5.74) is 5.03. The van der Waals surface area contributed by atoms with Gasteiger partial charge in [-0.05, 0) is 11.8 Å². The highest BCUT2D eigenvalue weighted by atomic mass is 32.2. The van der Waals surface area contributed by atoms with Crippen molar-refractivity contribution in [1.82, 2.24) is 0 Å². The van der Waals surface area contributed by atoms with Crippen molar-refractivity contribution in [2.45, 2.75) is 6.04 Å². The average Bonchev–Trinajstić information content (AvgIpc) is 1.82. The van der Waals surface area contributed by atoms with Crippen molar-refractivity contribution in [3.8, 4) is 5.40 Å². The van der Waals surface area contributed by atoms with Crippen LogP contribution in [0.1, 0.15) is 0 Å².